The summed E-state index contributed by atoms with van der Waals surface area (Å²) in [5.41, 5.74) is 3.46. The van der Waals surface area contributed by atoms with E-state index < -0.39 is 43.0 Å². The SMILES string of the molecule is CC1(C)OC2[C@@H](CO[PH](O)=S)O[C@@H](n3cnc4c(NC(c5ccccc5)(c5ccccc5)c5ccccc5)ncnc43)[C@H]2O1. The van der Waals surface area contributed by atoms with E-state index in [2.05, 4.69) is 46.7 Å². The third kappa shape index (κ3) is 5.24. The second-order valence-electron chi connectivity index (χ2n) is 11.2. The average Bonchev–Trinajstić information content (AvgIpc) is 3.71. The van der Waals surface area contributed by atoms with E-state index >= 15 is 0 Å². The third-order valence-corrected chi connectivity index (χ3v) is 8.82. The van der Waals surface area contributed by atoms with Gasteiger partial charge in [-0.15, -0.1) is 0 Å². The number of rotatable bonds is 9. The molecule has 10 nitrogen and oxygen atoms in total. The normalized spacial score (nSPS) is 23.4. The van der Waals surface area contributed by atoms with Crippen molar-refractivity contribution >= 4 is 35.9 Å². The van der Waals surface area contributed by atoms with Gasteiger partial charge in [-0.25, -0.2) is 15.0 Å². The molecule has 0 aliphatic carbocycles. The van der Waals surface area contributed by atoms with Crippen molar-refractivity contribution in [3.63, 3.8) is 0 Å². The fourth-order valence-corrected chi connectivity index (χ4v) is 6.77. The fourth-order valence-electron chi connectivity index (χ4n) is 6.26. The summed E-state index contributed by atoms with van der Waals surface area (Å²) in [4.78, 5) is 23.8. The maximum atomic E-state index is 9.65. The Kier molecular flexibility index (Phi) is 7.80. The van der Waals surface area contributed by atoms with Gasteiger partial charge >= 0.3 is 0 Å². The molecule has 2 aliphatic rings. The summed E-state index contributed by atoms with van der Waals surface area (Å²) in [6.45, 7) is 3.82. The van der Waals surface area contributed by atoms with Gasteiger partial charge in [-0.2, -0.15) is 0 Å². The molecular weight excluding hydrogens is 597 g/mol. The molecular formula is C32H32N5O5PS. The highest BCUT2D eigenvalue weighted by atomic mass is 32.4. The minimum Gasteiger partial charge on any atom is -0.351 e. The molecule has 7 rings (SSSR count). The molecule has 44 heavy (non-hydrogen) atoms. The van der Waals surface area contributed by atoms with Crippen LogP contribution in [0.4, 0.5) is 5.82 Å². The Morgan fingerprint density at radius 1 is 0.886 bits per heavy atom. The van der Waals surface area contributed by atoms with Crippen molar-refractivity contribution in [1.29, 1.82) is 0 Å². The lowest BCUT2D eigenvalue weighted by Gasteiger charge is -2.37. The van der Waals surface area contributed by atoms with Crippen LogP contribution in [0.25, 0.3) is 11.2 Å². The largest absolute Gasteiger partial charge is 0.351 e. The molecule has 3 aromatic carbocycles. The number of nitrogens with zero attached hydrogens (tertiary/aromatic N) is 4. The minimum absolute atomic E-state index is 0.0908. The molecule has 5 aromatic rings. The molecule has 5 atom stereocenters. The standard InChI is InChI=1S/C32H32N5O5PS/c1-31(2)41-26-24(18-39-43(38)44)40-30(27(26)42-31)37-20-35-25-28(33-19-34-29(25)37)36-32(21-12-6-3-7-13-21,22-14-8-4-9-15-22)23-16-10-5-11-17-23/h3-17,19-20,24,26-27,30,43H,18H2,1-2H3,(H,38,44)(H,33,34,36)/t24-,26?,27+,30-/m1/s1. The van der Waals surface area contributed by atoms with Crippen LogP contribution < -0.4 is 5.32 Å². The summed E-state index contributed by atoms with van der Waals surface area (Å²) in [5.74, 6) is -0.266. The molecule has 2 N–H and O–H groups in total. The molecule has 0 amide bonds. The molecule has 0 saturated carbocycles. The van der Waals surface area contributed by atoms with Crippen LogP contribution in [0.2, 0.25) is 0 Å². The lowest BCUT2D eigenvalue weighted by atomic mass is 9.77. The number of nitrogens with one attached hydrogen (secondary N) is 1. The van der Waals surface area contributed by atoms with E-state index in [1.54, 1.807) is 6.33 Å². The second kappa shape index (κ2) is 11.8. The van der Waals surface area contributed by atoms with Gasteiger partial charge in [0.2, 0.25) is 0 Å². The molecule has 4 heterocycles. The van der Waals surface area contributed by atoms with Gasteiger partial charge in [0, 0.05) is 0 Å². The molecule has 226 valence electrons. The number of anilines is 1. The molecule has 2 saturated heterocycles. The lowest BCUT2D eigenvalue weighted by Crippen LogP contribution is -2.38. The number of imidazole rings is 1. The Labute approximate surface area is 260 Å². The first kappa shape index (κ1) is 29.2. The van der Waals surface area contributed by atoms with Gasteiger partial charge in [0.15, 0.2) is 36.1 Å². The molecule has 2 aliphatic heterocycles. The Hall–Kier alpha value is -3.54. The van der Waals surface area contributed by atoms with Crippen LogP contribution in [0.3, 0.4) is 0 Å². The summed E-state index contributed by atoms with van der Waals surface area (Å²) in [5, 5.41) is 3.81. The van der Waals surface area contributed by atoms with Crippen LogP contribution >= 0.6 is 7.15 Å². The maximum Gasteiger partial charge on any atom is 0.173 e. The zero-order valence-corrected chi connectivity index (χ0v) is 25.9. The smallest absolute Gasteiger partial charge is 0.173 e. The summed E-state index contributed by atoms with van der Waals surface area (Å²) in [7, 11) is -2.32. The van der Waals surface area contributed by atoms with Crippen LogP contribution in [0.5, 0.6) is 0 Å². The molecule has 0 spiro atoms. The Morgan fingerprint density at radius 3 is 2.02 bits per heavy atom. The van der Waals surface area contributed by atoms with Crippen molar-refractivity contribution in [2.24, 2.45) is 0 Å². The summed E-state index contributed by atoms with van der Waals surface area (Å²) in [6.07, 6.45) is 1.22. The van der Waals surface area contributed by atoms with E-state index in [4.69, 9.17) is 40.5 Å². The molecule has 2 fully saturated rings. The molecule has 2 unspecified atom stereocenters. The molecule has 2 aromatic heterocycles. The van der Waals surface area contributed by atoms with E-state index in [1.807, 2.05) is 73.0 Å². The van der Waals surface area contributed by atoms with Gasteiger partial charge in [0.05, 0.1) is 12.9 Å². The fraction of sp³-hybridized carbons (Fsp3) is 0.281. The number of hydrogen-bond donors (Lipinski definition) is 2. The Bertz CT molecular complexity index is 1680. The van der Waals surface area contributed by atoms with Crippen LogP contribution in [0.15, 0.2) is 104 Å². The van der Waals surface area contributed by atoms with Crippen molar-refractivity contribution in [1.82, 2.24) is 19.5 Å². The van der Waals surface area contributed by atoms with Crippen LogP contribution in [0, 0.1) is 0 Å². The summed E-state index contributed by atoms with van der Waals surface area (Å²) >= 11 is 4.88. The van der Waals surface area contributed by atoms with Gasteiger partial charge in [0.1, 0.15) is 30.2 Å². The monoisotopic (exact) mass is 629 g/mol. The van der Waals surface area contributed by atoms with Gasteiger partial charge in [-0.05, 0) is 42.3 Å². The Balaban J connectivity index is 1.33. The van der Waals surface area contributed by atoms with Gasteiger partial charge in [-0.1, -0.05) is 91.0 Å². The van der Waals surface area contributed by atoms with Crippen LogP contribution in [-0.4, -0.2) is 55.1 Å². The van der Waals surface area contributed by atoms with Crippen LogP contribution in [-0.2, 0) is 36.1 Å². The number of ether oxygens (including phenoxy) is 3. The predicted molar refractivity (Wildman–Crippen MR) is 170 cm³/mol. The van der Waals surface area contributed by atoms with E-state index in [1.165, 1.54) is 6.33 Å². The predicted octanol–water partition coefficient (Wildman–Crippen LogP) is 5.16. The highest BCUT2D eigenvalue weighted by molar-refractivity contribution is 8.00. The number of aromatic nitrogens is 4. The summed E-state index contributed by atoms with van der Waals surface area (Å²) < 4.78 is 26.1. The number of hydrogen-bond acceptors (Lipinski definition) is 9. The molecule has 12 heteroatoms. The van der Waals surface area contributed by atoms with Crippen molar-refractivity contribution in [3.8, 4) is 0 Å². The van der Waals surface area contributed by atoms with E-state index in [0.29, 0.717) is 17.0 Å². The quantitative estimate of drug-likeness (QED) is 0.167. The van der Waals surface area contributed by atoms with Crippen LogP contribution in [0.1, 0.15) is 36.8 Å². The van der Waals surface area contributed by atoms with Gasteiger partial charge < -0.3 is 28.9 Å². The molecule has 0 radical (unpaired) electrons. The average molecular weight is 630 g/mol. The molecule has 0 bridgehead atoms. The second-order valence-corrected chi connectivity index (χ2v) is 13.1. The first-order valence-corrected chi connectivity index (χ1v) is 16.8. The van der Waals surface area contributed by atoms with Gasteiger partial charge in [-0.3, -0.25) is 4.57 Å². The Morgan fingerprint density at radius 2 is 1.45 bits per heavy atom. The number of fused-ring (bicyclic) bond motifs is 2. The lowest BCUT2D eigenvalue weighted by molar-refractivity contribution is -0.198. The zero-order valence-electron chi connectivity index (χ0n) is 24.1. The zero-order chi connectivity index (χ0) is 30.3. The minimum atomic E-state index is -2.32. The maximum absolute atomic E-state index is 9.65. The first-order chi connectivity index (χ1) is 21.4. The van der Waals surface area contributed by atoms with Crippen molar-refractivity contribution in [2.75, 3.05) is 11.9 Å². The van der Waals surface area contributed by atoms with E-state index in [-0.39, 0.29) is 6.61 Å². The summed E-state index contributed by atoms with van der Waals surface area (Å²) in [6, 6.07) is 30.9. The van der Waals surface area contributed by atoms with Gasteiger partial charge in [0.25, 0.3) is 0 Å². The van der Waals surface area contributed by atoms with Crippen molar-refractivity contribution in [3.05, 3.63) is 120 Å². The third-order valence-electron chi connectivity index (χ3n) is 8.06. The van der Waals surface area contributed by atoms with Crippen molar-refractivity contribution in [2.45, 2.75) is 49.7 Å². The first-order valence-electron chi connectivity index (χ1n) is 14.3. The van der Waals surface area contributed by atoms with Crippen molar-refractivity contribution < 1.29 is 23.6 Å². The highest BCUT2D eigenvalue weighted by Gasteiger charge is 2.56. The topological polar surface area (TPSA) is 113 Å². The highest BCUT2D eigenvalue weighted by Crippen LogP contribution is 2.45. The van der Waals surface area contributed by atoms with E-state index in [9.17, 15) is 4.89 Å². The number of benzene rings is 3. The van der Waals surface area contributed by atoms with E-state index in [0.717, 1.165) is 16.7 Å².